The minimum Gasteiger partial charge on any atom is -0.450 e. The Hall–Kier alpha value is -0.850. The van der Waals surface area contributed by atoms with Crippen LogP contribution in [0, 0.1) is 0 Å². The van der Waals surface area contributed by atoms with Crippen LogP contribution in [0.3, 0.4) is 0 Å². The van der Waals surface area contributed by atoms with E-state index < -0.39 is 0 Å². The zero-order valence-electron chi connectivity index (χ0n) is 13.6. The number of amides is 1. The second kappa shape index (κ2) is 7.62. The fraction of sp³-hybridized carbons (Fsp3) is 0.938. The lowest BCUT2D eigenvalue weighted by molar-refractivity contribution is 0.0929. The molecule has 3 rings (SSSR count). The average Bonchev–Trinajstić information content (AvgIpc) is 3.19. The van der Waals surface area contributed by atoms with Crippen molar-refractivity contribution in [2.45, 2.75) is 50.7 Å². The van der Waals surface area contributed by atoms with Crippen LogP contribution in [0.15, 0.2) is 0 Å². The second-order valence-corrected chi connectivity index (χ2v) is 6.58. The zero-order chi connectivity index (χ0) is 15.4. The molecule has 3 fully saturated rings. The summed E-state index contributed by atoms with van der Waals surface area (Å²) in [5.74, 6) is 0. The molecule has 0 aromatic carbocycles. The van der Waals surface area contributed by atoms with Crippen molar-refractivity contribution < 1.29 is 14.3 Å². The maximum absolute atomic E-state index is 11.7. The van der Waals surface area contributed by atoms with Crippen LogP contribution in [0.1, 0.15) is 32.6 Å². The third-order valence-corrected chi connectivity index (χ3v) is 5.13. The first-order valence-corrected chi connectivity index (χ1v) is 8.77. The highest BCUT2D eigenvalue weighted by atomic mass is 16.6. The number of piperidine rings is 1. The Morgan fingerprint density at radius 3 is 2.59 bits per heavy atom. The molecule has 22 heavy (non-hydrogen) atoms. The molecule has 0 aliphatic carbocycles. The molecule has 126 valence electrons. The molecule has 3 aliphatic heterocycles. The van der Waals surface area contributed by atoms with E-state index >= 15 is 0 Å². The molecule has 6 nitrogen and oxygen atoms in total. The third kappa shape index (κ3) is 3.73. The highest BCUT2D eigenvalue weighted by Crippen LogP contribution is 2.21. The molecule has 0 aromatic rings. The molecule has 3 aliphatic rings. The van der Waals surface area contributed by atoms with Gasteiger partial charge in [0.05, 0.1) is 25.9 Å². The van der Waals surface area contributed by atoms with Gasteiger partial charge >= 0.3 is 6.09 Å². The Bertz CT molecular complexity index is 366. The quantitative estimate of drug-likeness (QED) is 0.841. The Labute approximate surface area is 133 Å². The first-order valence-electron chi connectivity index (χ1n) is 8.77. The van der Waals surface area contributed by atoms with Crippen molar-refractivity contribution in [2.75, 3.05) is 46.0 Å². The summed E-state index contributed by atoms with van der Waals surface area (Å²) in [7, 11) is 0. The Kier molecular flexibility index (Phi) is 5.55. The molecule has 2 atom stereocenters. The summed E-state index contributed by atoms with van der Waals surface area (Å²) in [6.07, 6.45) is 4.48. The van der Waals surface area contributed by atoms with Crippen LogP contribution in [0.2, 0.25) is 0 Å². The van der Waals surface area contributed by atoms with Gasteiger partial charge in [0.1, 0.15) is 0 Å². The summed E-state index contributed by atoms with van der Waals surface area (Å²) in [5, 5.41) is 3.79. The van der Waals surface area contributed by atoms with Crippen LogP contribution >= 0.6 is 0 Å². The van der Waals surface area contributed by atoms with Gasteiger partial charge in [-0.15, -0.1) is 0 Å². The van der Waals surface area contributed by atoms with Gasteiger partial charge in [-0.3, -0.25) is 4.90 Å². The zero-order valence-corrected chi connectivity index (χ0v) is 13.6. The van der Waals surface area contributed by atoms with Gasteiger partial charge in [0, 0.05) is 25.2 Å². The van der Waals surface area contributed by atoms with Crippen LogP contribution in [-0.4, -0.2) is 80.0 Å². The predicted molar refractivity (Wildman–Crippen MR) is 84.0 cm³/mol. The van der Waals surface area contributed by atoms with E-state index in [1.54, 1.807) is 0 Å². The maximum Gasteiger partial charge on any atom is 0.409 e. The monoisotopic (exact) mass is 311 g/mol. The molecule has 0 saturated carbocycles. The molecule has 0 aromatic heterocycles. The van der Waals surface area contributed by atoms with Crippen molar-refractivity contribution in [3.63, 3.8) is 0 Å². The van der Waals surface area contributed by atoms with Crippen molar-refractivity contribution >= 4 is 6.09 Å². The minimum atomic E-state index is -0.167. The van der Waals surface area contributed by atoms with Crippen molar-refractivity contribution in [3.8, 4) is 0 Å². The van der Waals surface area contributed by atoms with Gasteiger partial charge in [-0.05, 0) is 45.7 Å². The Morgan fingerprint density at radius 2 is 1.91 bits per heavy atom. The van der Waals surface area contributed by atoms with Crippen LogP contribution in [0.25, 0.3) is 0 Å². The summed E-state index contributed by atoms with van der Waals surface area (Å²) >= 11 is 0. The first kappa shape index (κ1) is 16.0. The summed E-state index contributed by atoms with van der Waals surface area (Å²) < 4.78 is 10.8. The number of carbonyl (C=O) groups excluding carboxylic acids is 1. The fourth-order valence-electron chi connectivity index (χ4n) is 3.88. The van der Waals surface area contributed by atoms with Gasteiger partial charge in [0.2, 0.25) is 0 Å². The lowest BCUT2D eigenvalue weighted by Crippen LogP contribution is -2.54. The van der Waals surface area contributed by atoms with Crippen molar-refractivity contribution in [2.24, 2.45) is 0 Å². The number of nitrogens with one attached hydrogen (secondary N) is 1. The number of likely N-dealkylation sites (tertiary alicyclic amines) is 2. The Morgan fingerprint density at radius 1 is 1.18 bits per heavy atom. The molecule has 3 heterocycles. The summed E-state index contributed by atoms with van der Waals surface area (Å²) in [6, 6.07) is 1.46. The van der Waals surface area contributed by atoms with E-state index in [9.17, 15) is 4.79 Å². The topological polar surface area (TPSA) is 54.0 Å². The van der Waals surface area contributed by atoms with Crippen LogP contribution in [0.4, 0.5) is 4.79 Å². The van der Waals surface area contributed by atoms with Gasteiger partial charge in [-0.25, -0.2) is 4.79 Å². The third-order valence-electron chi connectivity index (χ3n) is 5.13. The summed E-state index contributed by atoms with van der Waals surface area (Å²) in [5.41, 5.74) is 0. The molecule has 0 unspecified atom stereocenters. The van der Waals surface area contributed by atoms with E-state index in [0.29, 0.717) is 24.7 Å². The number of rotatable bonds is 4. The maximum atomic E-state index is 11.7. The number of hydrogen-bond donors (Lipinski definition) is 1. The van der Waals surface area contributed by atoms with Crippen molar-refractivity contribution in [1.29, 1.82) is 0 Å². The lowest BCUT2D eigenvalue weighted by Gasteiger charge is -2.35. The van der Waals surface area contributed by atoms with Crippen LogP contribution in [-0.2, 0) is 9.47 Å². The van der Waals surface area contributed by atoms with Gasteiger partial charge < -0.3 is 19.7 Å². The number of ether oxygens (including phenoxy) is 2. The molecular weight excluding hydrogens is 282 g/mol. The molecule has 0 spiro atoms. The van der Waals surface area contributed by atoms with Crippen LogP contribution < -0.4 is 5.32 Å². The number of nitrogens with zero attached hydrogens (tertiary/aromatic N) is 2. The van der Waals surface area contributed by atoms with E-state index in [0.717, 1.165) is 39.1 Å². The average molecular weight is 311 g/mol. The summed E-state index contributed by atoms with van der Waals surface area (Å²) in [4.78, 5) is 16.1. The van der Waals surface area contributed by atoms with E-state index in [1.807, 2.05) is 11.8 Å². The van der Waals surface area contributed by atoms with E-state index in [4.69, 9.17) is 9.47 Å². The van der Waals surface area contributed by atoms with E-state index in [-0.39, 0.29) is 6.09 Å². The molecular formula is C16H29N3O3. The lowest BCUT2D eigenvalue weighted by atomic mass is 10.0. The van der Waals surface area contributed by atoms with E-state index in [2.05, 4.69) is 10.2 Å². The van der Waals surface area contributed by atoms with Gasteiger partial charge in [0.25, 0.3) is 0 Å². The van der Waals surface area contributed by atoms with Gasteiger partial charge in [0.15, 0.2) is 0 Å². The molecule has 3 saturated heterocycles. The van der Waals surface area contributed by atoms with Crippen LogP contribution in [0.5, 0.6) is 0 Å². The number of hydrogen-bond acceptors (Lipinski definition) is 5. The largest absolute Gasteiger partial charge is 0.450 e. The fourth-order valence-corrected chi connectivity index (χ4v) is 3.88. The van der Waals surface area contributed by atoms with Crippen molar-refractivity contribution in [1.82, 2.24) is 15.1 Å². The predicted octanol–water partition coefficient (Wildman–Crippen LogP) is 1.06. The Balaban J connectivity index is 1.45. The smallest absolute Gasteiger partial charge is 0.409 e. The molecule has 0 bridgehead atoms. The molecule has 0 radical (unpaired) electrons. The number of carbonyl (C=O) groups is 1. The highest BCUT2D eigenvalue weighted by Gasteiger charge is 2.36. The highest BCUT2D eigenvalue weighted by molar-refractivity contribution is 5.67. The molecule has 1 amide bonds. The standard InChI is InChI=1S/C16H29N3O3/c1-2-22-16(20)19-9-5-13(6-10-19)17-14-11-21-12-15(14)18-7-3-4-8-18/h13-15,17H,2-12H2,1H3/t14-,15-/m0/s1. The first-order chi connectivity index (χ1) is 10.8. The summed E-state index contributed by atoms with van der Waals surface area (Å²) in [6.45, 7) is 8.00. The van der Waals surface area contributed by atoms with E-state index in [1.165, 1.54) is 25.9 Å². The van der Waals surface area contributed by atoms with Crippen molar-refractivity contribution in [3.05, 3.63) is 0 Å². The molecule has 1 N–H and O–H groups in total. The van der Waals surface area contributed by atoms with Gasteiger partial charge in [-0.1, -0.05) is 0 Å². The SMILES string of the molecule is CCOC(=O)N1CCC(N[C@H]2COC[C@@H]2N2CCCC2)CC1. The van der Waals surface area contributed by atoms with Gasteiger partial charge in [-0.2, -0.15) is 0 Å². The normalized spacial score (nSPS) is 30.9. The molecule has 6 heteroatoms. The second-order valence-electron chi connectivity index (χ2n) is 6.58. The minimum absolute atomic E-state index is 0.167.